The number of sulfonamides is 2. The standard InChI is InChI=1S/C25H31N3O5S.C24H31N3O7S/c1-17-12-18(2)14-20(13-17)32-22-15-19-6-7-26-21(19)16-23(22)34(30,31)28-10-8-27(9-11-28)24(29)33-25(3,4)5;1-16-11-17(2)13-19(12-16)33-21-14-18(3)20(27(29)30)15-22(21)35(31,32)26-9-7-25(8-10-26)23(28)34-24(4,5)6/h6-7,12-16,26H,8-11H2,1-5H3;11-15H,7-10H2,1-6H3. The molecule has 7 rings (SSSR count). The molecule has 5 aromatic rings. The fraction of sp³-hybridized carbons (Fsp3) is 0.429. The fourth-order valence-electron chi connectivity index (χ4n) is 7.86. The van der Waals surface area contributed by atoms with Crippen LogP contribution in [0.25, 0.3) is 10.9 Å². The van der Waals surface area contributed by atoms with Crippen molar-refractivity contribution in [3.05, 3.63) is 111 Å². The Labute approximate surface area is 404 Å². The number of carbonyl (C=O) groups is 2. The maximum atomic E-state index is 13.7. The highest BCUT2D eigenvalue weighted by Crippen LogP contribution is 2.38. The van der Waals surface area contributed by atoms with Gasteiger partial charge >= 0.3 is 12.2 Å². The van der Waals surface area contributed by atoms with Crippen LogP contribution in [0.1, 0.15) is 69.4 Å². The number of fused-ring (bicyclic) bond motifs is 1. The zero-order chi connectivity index (χ0) is 50.8. The quantitative estimate of drug-likeness (QED) is 0.108. The molecule has 3 heterocycles. The number of hydrogen-bond acceptors (Lipinski definition) is 12. The van der Waals surface area contributed by atoms with E-state index in [1.165, 1.54) is 26.5 Å². The lowest BCUT2D eigenvalue weighted by Gasteiger charge is -2.35. The summed E-state index contributed by atoms with van der Waals surface area (Å²) in [5.74, 6) is 1.29. The van der Waals surface area contributed by atoms with Gasteiger partial charge in [0.25, 0.3) is 5.69 Å². The maximum absolute atomic E-state index is 13.7. The van der Waals surface area contributed by atoms with Crippen LogP contribution in [0.4, 0.5) is 15.3 Å². The molecule has 2 saturated heterocycles. The number of nitro benzene ring substituents is 1. The van der Waals surface area contributed by atoms with Crippen molar-refractivity contribution in [2.24, 2.45) is 0 Å². The molecule has 0 unspecified atom stereocenters. The van der Waals surface area contributed by atoms with Crippen molar-refractivity contribution in [3.63, 3.8) is 0 Å². The lowest BCUT2D eigenvalue weighted by atomic mass is 10.1. The molecule has 0 saturated carbocycles. The number of hydrogen-bond donors (Lipinski definition) is 1. The molecule has 2 amide bonds. The second-order valence-corrected chi connectivity index (χ2v) is 23.1. The molecule has 0 spiro atoms. The third kappa shape index (κ3) is 13.1. The zero-order valence-corrected chi connectivity index (χ0v) is 42.7. The van der Waals surface area contributed by atoms with Crippen molar-refractivity contribution in [3.8, 4) is 23.0 Å². The van der Waals surface area contributed by atoms with Crippen LogP contribution in [-0.4, -0.2) is 121 Å². The van der Waals surface area contributed by atoms with E-state index in [0.717, 1.165) is 33.7 Å². The fourth-order valence-corrected chi connectivity index (χ4v) is 10.9. The molecule has 4 aromatic carbocycles. The number of aromatic nitrogens is 1. The van der Waals surface area contributed by atoms with Gasteiger partial charge in [-0.25, -0.2) is 26.4 Å². The first-order valence-corrected chi connectivity index (χ1v) is 25.4. The number of H-pyrrole nitrogens is 1. The van der Waals surface area contributed by atoms with Crippen molar-refractivity contribution >= 4 is 48.8 Å². The predicted molar refractivity (Wildman–Crippen MR) is 261 cm³/mol. The summed E-state index contributed by atoms with van der Waals surface area (Å²) in [5, 5.41) is 12.4. The Morgan fingerprint density at radius 2 is 0.971 bits per heavy atom. The van der Waals surface area contributed by atoms with Gasteiger partial charge in [0.2, 0.25) is 20.0 Å². The number of amides is 2. The average molecular weight is 991 g/mol. The van der Waals surface area contributed by atoms with E-state index >= 15 is 0 Å². The molecule has 372 valence electrons. The van der Waals surface area contributed by atoms with Gasteiger partial charge in [0.15, 0.2) is 0 Å². The normalized spacial score (nSPS) is 15.3. The minimum Gasteiger partial charge on any atom is -0.456 e. The average Bonchev–Trinajstić information content (AvgIpc) is 3.69. The van der Waals surface area contributed by atoms with Crippen molar-refractivity contribution in [2.45, 2.75) is 97.2 Å². The van der Waals surface area contributed by atoms with E-state index in [9.17, 15) is 36.5 Å². The molecular formula is C49H62N6O12S2. The summed E-state index contributed by atoms with van der Waals surface area (Å²) in [5.41, 5.74) is 3.32. The van der Waals surface area contributed by atoms with E-state index in [0.29, 0.717) is 17.0 Å². The smallest absolute Gasteiger partial charge is 0.410 e. The minimum atomic E-state index is -4.16. The van der Waals surface area contributed by atoms with Crippen molar-refractivity contribution < 1.29 is 50.3 Å². The van der Waals surface area contributed by atoms with Gasteiger partial charge in [-0.3, -0.25) is 10.1 Å². The van der Waals surface area contributed by atoms with Gasteiger partial charge in [-0.15, -0.1) is 0 Å². The lowest BCUT2D eigenvalue weighted by Crippen LogP contribution is -2.51. The van der Waals surface area contributed by atoms with E-state index in [4.69, 9.17) is 18.9 Å². The molecule has 18 nitrogen and oxygen atoms in total. The Hall–Kier alpha value is -6.22. The number of benzene rings is 4. The van der Waals surface area contributed by atoms with Crippen molar-refractivity contribution in [2.75, 3.05) is 52.4 Å². The van der Waals surface area contributed by atoms with Crippen LogP contribution in [0, 0.1) is 44.7 Å². The largest absolute Gasteiger partial charge is 0.456 e. The molecule has 0 radical (unpaired) electrons. The Balaban J connectivity index is 0.000000227. The van der Waals surface area contributed by atoms with Crippen LogP contribution in [-0.2, 0) is 29.5 Å². The Morgan fingerprint density at radius 1 is 0.580 bits per heavy atom. The highest BCUT2D eigenvalue weighted by Gasteiger charge is 2.37. The number of carbonyl (C=O) groups excluding carboxylic acids is 2. The van der Waals surface area contributed by atoms with E-state index < -0.39 is 48.4 Å². The lowest BCUT2D eigenvalue weighted by molar-refractivity contribution is -0.385. The van der Waals surface area contributed by atoms with E-state index in [-0.39, 0.29) is 84.9 Å². The Bertz CT molecular complexity index is 2920. The molecule has 2 aliphatic rings. The molecule has 20 heteroatoms. The number of ether oxygens (including phenoxy) is 4. The Morgan fingerprint density at radius 3 is 1.36 bits per heavy atom. The number of nitrogens with one attached hydrogen (secondary N) is 1. The second-order valence-electron chi connectivity index (χ2n) is 19.3. The molecule has 2 fully saturated rings. The number of nitrogens with zero attached hydrogens (tertiary/aromatic N) is 5. The summed E-state index contributed by atoms with van der Waals surface area (Å²) < 4.78 is 80.1. The molecule has 2 aliphatic heterocycles. The molecular weight excluding hydrogens is 929 g/mol. The van der Waals surface area contributed by atoms with Crippen LogP contribution in [0.5, 0.6) is 23.0 Å². The van der Waals surface area contributed by atoms with Crippen LogP contribution in [0.3, 0.4) is 0 Å². The molecule has 0 bridgehead atoms. The van der Waals surface area contributed by atoms with Crippen molar-refractivity contribution in [1.82, 2.24) is 23.4 Å². The van der Waals surface area contributed by atoms with Gasteiger partial charge in [0, 0.05) is 81.1 Å². The summed E-state index contributed by atoms with van der Waals surface area (Å²) in [6, 6.07) is 18.9. The van der Waals surface area contributed by atoms with Crippen LogP contribution in [0.2, 0.25) is 0 Å². The molecule has 0 atom stereocenters. The molecule has 1 aromatic heterocycles. The first kappa shape index (κ1) is 52.2. The summed E-state index contributed by atoms with van der Waals surface area (Å²) in [7, 11) is -8.04. The molecule has 69 heavy (non-hydrogen) atoms. The van der Waals surface area contributed by atoms with Gasteiger partial charge in [0.05, 0.1) is 4.92 Å². The summed E-state index contributed by atoms with van der Waals surface area (Å²) in [6.45, 7) is 21.1. The third-order valence-corrected chi connectivity index (χ3v) is 14.8. The van der Waals surface area contributed by atoms with E-state index in [1.54, 1.807) is 76.9 Å². The van der Waals surface area contributed by atoms with Gasteiger partial charge in [0.1, 0.15) is 44.0 Å². The van der Waals surface area contributed by atoms with Crippen LogP contribution < -0.4 is 9.47 Å². The number of rotatable bonds is 9. The van der Waals surface area contributed by atoms with Crippen molar-refractivity contribution in [1.29, 1.82) is 0 Å². The van der Waals surface area contributed by atoms with Gasteiger partial charge in [-0.05, 0) is 147 Å². The summed E-state index contributed by atoms with van der Waals surface area (Å²) >= 11 is 0. The summed E-state index contributed by atoms with van der Waals surface area (Å²) in [6.07, 6.45) is 0.817. The van der Waals surface area contributed by atoms with Crippen LogP contribution >= 0.6 is 0 Å². The second kappa shape index (κ2) is 20.4. The highest BCUT2D eigenvalue weighted by atomic mass is 32.2. The molecule has 0 aliphatic carbocycles. The highest BCUT2D eigenvalue weighted by molar-refractivity contribution is 7.89. The van der Waals surface area contributed by atoms with E-state index in [1.807, 2.05) is 58.0 Å². The first-order valence-electron chi connectivity index (χ1n) is 22.5. The number of aromatic amines is 1. The monoisotopic (exact) mass is 990 g/mol. The number of piperazine rings is 2. The third-order valence-electron chi connectivity index (χ3n) is 10.9. The van der Waals surface area contributed by atoms with Gasteiger partial charge < -0.3 is 33.7 Å². The number of aryl methyl sites for hydroxylation is 5. The summed E-state index contributed by atoms with van der Waals surface area (Å²) in [4.78, 5) is 41.5. The SMILES string of the molecule is Cc1cc(C)cc(Oc2cc(C)c([N+](=O)[O-])cc2S(=O)(=O)N2CCN(C(=O)OC(C)(C)C)CC2)c1.Cc1cc(C)cc(Oc2cc3cc[nH]c3cc2S(=O)(=O)N2CCN(C(=O)OC(C)(C)C)CC2)c1. The van der Waals surface area contributed by atoms with E-state index in [2.05, 4.69) is 4.98 Å². The predicted octanol–water partition coefficient (Wildman–Crippen LogP) is 9.37. The zero-order valence-electron chi connectivity index (χ0n) is 41.0. The van der Waals surface area contributed by atoms with Gasteiger partial charge in [-0.1, -0.05) is 12.1 Å². The Kier molecular flexibility index (Phi) is 15.4. The van der Waals surface area contributed by atoms with Crippen LogP contribution in [0.15, 0.2) is 82.7 Å². The first-order chi connectivity index (χ1) is 32.1. The number of nitro groups is 1. The molecule has 1 N–H and O–H groups in total. The maximum Gasteiger partial charge on any atom is 0.410 e. The van der Waals surface area contributed by atoms with Gasteiger partial charge in [-0.2, -0.15) is 8.61 Å². The minimum absolute atomic E-state index is 0.00710. The topological polar surface area (TPSA) is 211 Å².